The summed E-state index contributed by atoms with van der Waals surface area (Å²) in [7, 11) is 0. The SMILES string of the molecule is CC(C)(C)OC(=O)NC1CCC(C(=O)N2CCC([C@H]3c4ncc(Br)cc4CCc4cc(Cl)cc(Br)c43)CC2)CC1. The van der Waals surface area contributed by atoms with Crippen molar-refractivity contribution in [3.8, 4) is 0 Å². The van der Waals surface area contributed by atoms with Gasteiger partial charge < -0.3 is 15.0 Å². The molecule has 5 rings (SSSR count). The maximum absolute atomic E-state index is 13.5. The van der Waals surface area contributed by atoms with Crippen LogP contribution < -0.4 is 5.32 Å². The van der Waals surface area contributed by atoms with Gasteiger partial charge in [0.15, 0.2) is 0 Å². The van der Waals surface area contributed by atoms with Gasteiger partial charge in [0.25, 0.3) is 0 Å². The predicted octanol–water partition coefficient (Wildman–Crippen LogP) is 7.81. The van der Waals surface area contributed by atoms with Crippen molar-refractivity contribution in [1.29, 1.82) is 0 Å². The van der Waals surface area contributed by atoms with Gasteiger partial charge in [0.1, 0.15) is 5.60 Å². The molecular weight excluding hydrogens is 658 g/mol. The third kappa shape index (κ3) is 6.87. The number of nitrogens with zero attached hydrogens (tertiary/aromatic N) is 2. The minimum atomic E-state index is -0.514. The number of piperidine rings is 1. The average molecular weight is 696 g/mol. The van der Waals surface area contributed by atoms with Crippen LogP contribution in [0.4, 0.5) is 4.79 Å². The van der Waals surface area contributed by atoms with Crippen molar-refractivity contribution < 1.29 is 14.3 Å². The second kappa shape index (κ2) is 12.3. The van der Waals surface area contributed by atoms with Crippen molar-refractivity contribution >= 4 is 55.5 Å². The number of hydrogen-bond acceptors (Lipinski definition) is 4. The highest BCUT2D eigenvalue weighted by Crippen LogP contribution is 2.46. The summed E-state index contributed by atoms with van der Waals surface area (Å²) in [4.78, 5) is 32.7. The van der Waals surface area contributed by atoms with Crippen LogP contribution in [0.15, 0.2) is 33.3 Å². The van der Waals surface area contributed by atoms with E-state index in [4.69, 9.17) is 21.3 Å². The molecule has 0 radical (unpaired) electrons. The monoisotopic (exact) mass is 693 g/mol. The number of carbonyl (C=O) groups excluding carboxylic acids is 2. The van der Waals surface area contributed by atoms with Crippen LogP contribution in [0.3, 0.4) is 0 Å². The number of alkyl carbamates (subject to hydrolysis) is 1. The van der Waals surface area contributed by atoms with Crippen LogP contribution in [0.5, 0.6) is 0 Å². The van der Waals surface area contributed by atoms with E-state index in [0.717, 1.165) is 84.1 Å². The number of ether oxygens (including phenoxy) is 1. The summed E-state index contributed by atoms with van der Waals surface area (Å²) in [6.45, 7) is 7.12. The van der Waals surface area contributed by atoms with Gasteiger partial charge in [-0.1, -0.05) is 27.5 Å². The summed E-state index contributed by atoms with van der Waals surface area (Å²) >= 11 is 13.9. The maximum atomic E-state index is 13.5. The van der Waals surface area contributed by atoms with Crippen molar-refractivity contribution in [2.45, 2.75) is 89.7 Å². The lowest BCUT2D eigenvalue weighted by molar-refractivity contribution is -0.138. The van der Waals surface area contributed by atoms with Crippen LogP contribution in [0.2, 0.25) is 5.02 Å². The highest BCUT2D eigenvalue weighted by Gasteiger charge is 2.38. The molecule has 1 aromatic heterocycles. The van der Waals surface area contributed by atoms with Crippen molar-refractivity contribution in [2.24, 2.45) is 11.8 Å². The zero-order valence-corrected chi connectivity index (χ0v) is 27.4. The van der Waals surface area contributed by atoms with Crippen LogP contribution in [-0.2, 0) is 22.4 Å². The van der Waals surface area contributed by atoms with Gasteiger partial charge in [-0.15, -0.1) is 0 Å². The molecule has 0 unspecified atom stereocenters. The normalized spacial score (nSPS) is 23.6. The molecule has 1 saturated carbocycles. The average Bonchev–Trinajstić information content (AvgIpc) is 3.04. The van der Waals surface area contributed by atoms with Gasteiger partial charge in [-0.2, -0.15) is 0 Å². The number of fused-ring (bicyclic) bond motifs is 2. The van der Waals surface area contributed by atoms with Gasteiger partial charge in [-0.25, -0.2) is 4.79 Å². The molecule has 6 nitrogen and oxygen atoms in total. The Kier molecular flexibility index (Phi) is 9.18. The van der Waals surface area contributed by atoms with Crippen LogP contribution in [0, 0.1) is 11.8 Å². The van der Waals surface area contributed by atoms with E-state index in [-0.39, 0.29) is 29.9 Å². The fourth-order valence-corrected chi connectivity index (χ4v) is 8.20. The van der Waals surface area contributed by atoms with Gasteiger partial charge in [0.05, 0.1) is 5.69 Å². The molecule has 216 valence electrons. The molecule has 2 aliphatic carbocycles. The van der Waals surface area contributed by atoms with Crippen molar-refractivity contribution in [1.82, 2.24) is 15.2 Å². The number of carbonyl (C=O) groups is 2. The van der Waals surface area contributed by atoms with E-state index in [2.05, 4.69) is 54.2 Å². The predicted molar refractivity (Wildman–Crippen MR) is 165 cm³/mol. The number of rotatable bonds is 3. The van der Waals surface area contributed by atoms with E-state index in [1.54, 1.807) is 0 Å². The van der Waals surface area contributed by atoms with Gasteiger partial charge in [-0.05, 0) is 129 Å². The summed E-state index contributed by atoms with van der Waals surface area (Å²) in [5.74, 6) is 0.854. The first-order valence-electron chi connectivity index (χ1n) is 14.4. The Hall–Kier alpha value is -1.64. The molecule has 1 N–H and O–H groups in total. The molecule has 2 amide bonds. The Bertz CT molecular complexity index is 1270. The Balaban J connectivity index is 1.24. The molecule has 1 saturated heterocycles. The molecule has 1 aromatic carbocycles. The minimum Gasteiger partial charge on any atom is -0.444 e. The number of halogens is 3. The number of hydrogen-bond donors (Lipinski definition) is 1. The number of amides is 2. The topological polar surface area (TPSA) is 71.5 Å². The van der Waals surface area contributed by atoms with E-state index >= 15 is 0 Å². The summed E-state index contributed by atoms with van der Waals surface area (Å²) in [5, 5.41) is 3.73. The Labute approximate surface area is 259 Å². The quantitative estimate of drug-likeness (QED) is 0.356. The second-order valence-electron chi connectivity index (χ2n) is 12.5. The molecule has 9 heteroatoms. The van der Waals surface area contributed by atoms with E-state index in [1.165, 1.54) is 16.7 Å². The Morgan fingerprint density at radius 2 is 1.68 bits per heavy atom. The molecule has 0 bridgehead atoms. The Morgan fingerprint density at radius 3 is 2.35 bits per heavy atom. The third-order valence-electron chi connectivity index (χ3n) is 8.54. The number of nitrogens with one attached hydrogen (secondary N) is 1. The van der Waals surface area contributed by atoms with E-state index in [9.17, 15) is 9.59 Å². The lowest BCUT2D eigenvalue weighted by Crippen LogP contribution is -2.46. The van der Waals surface area contributed by atoms with E-state index in [1.807, 2.05) is 33.0 Å². The fraction of sp³-hybridized carbons (Fsp3) is 0.581. The molecular formula is C31H38Br2ClN3O3. The largest absolute Gasteiger partial charge is 0.444 e. The number of likely N-dealkylation sites (tertiary alicyclic amines) is 1. The molecule has 2 fully saturated rings. The number of aryl methyl sites for hydroxylation is 2. The molecule has 3 aliphatic rings. The highest BCUT2D eigenvalue weighted by atomic mass is 79.9. The zero-order valence-electron chi connectivity index (χ0n) is 23.4. The summed E-state index contributed by atoms with van der Waals surface area (Å²) < 4.78 is 7.45. The lowest BCUT2D eigenvalue weighted by atomic mass is 9.76. The van der Waals surface area contributed by atoms with Crippen LogP contribution in [0.1, 0.15) is 87.6 Å². The number of benzene rings is 1. The molecule has 1 aliphatic heterocycles. The molecule has 40 heavy (non-hydrogen) atoms. The first kappa shape index (κ1) is 29.8. The molecule has 1 atom stereocenters. The van der Waals surface area contributed by atoms with E-state index in [0.29, 0.717) is 5.92 Å². The Morgan fingerprint density at radius 1 is 1.00 bits per heavy atom. The second-order valence-corrected chi connectivity index (χ2v) is 14.7. The van der Waals surface area contributed by atoms with Gasteiger partial charge in [-0.3, -0.25) is 9.78 Å². The minimum absolute atomic E-state index is 0.0304. The number of pyridine rings is 1. The number of aromatic nitrogens is 1. The van der Waals surface area contributed by atoms with Gasteiger partial charge >= 0.3 is 6.09 Å². The van der Waals surface area contributed by atoms with Crippen molar-refractivity contribution in [3.63, 3.8) is 0 Å². The maximum Gasteiger partial charge on any atom is 0.407 e. The van der Waals surface area contributed by atoms with Gasteiger partial charge in [0.2, 0.25) is 5.91 Å². The summed E-state index contributed by atoms with van der Waals surface area (Å²) in [5.41, 5.74) is 4.52. The molecule has 2 aromatic rings. The van der Waals surface area contributed by atoms with Crippen LogP contribution >= 0.6 is 43.5 Å². The zero-order chi connectivity index (χ0) is 28.6. The molecule has 0 spiro atoms. The van der Waals surface area contributed by atoms with Crippen LogP contribution in [0.25, 0.3) is 0 Å². The van der Waals surface area contributed by atoms with Gasteiger partial charge in [0, 0.05) is 51.1 Å². The summed E-state index contributed by atoms with van der Waals surface area (Å²) in [6.07, 6.45) is 8.49. The highest BCUT2D eigenvalue weighted by molar-refractivity contribution is 9.10. The first-order valence-corrected chi connectivity index (χ1v) is 16.4. The smallest absolute Gasteiger partial charge is 0.407 e. The molecule has 2 heterocycles. The summed E-state index contributed by atoms with van der Waals surface area (Å²) in [6, 6.07) is 6.40. The fourth-order valence-electron chi connectivity index (χ4n) is 6.70. The third-order valence-corrected chi connectivity index (χ3v) is 9.85. The first-order chi connectivity index (χ1) is 19.0. The van der Waals surface area contributed by atoms with E-state index < -0.39 is 5.60 Å². The lowest BCUT2D eigenvalue weighted by Gasteiger charge is -2.39. The van der Waals surface area contributed by atoms with Crippen LogP contribution in [-0.4, -0.2) is 46.6 Å². The van der Waals surface area contributed by atoms with Crippen molar-refractivity contribution in [3.05, 3.63) is 60.7 Å². The standard InChI is InChI=1S/C31H38Br2ClN3O3/c1-31(2,3)40-30(39)36-24-8-6-19(7-9-24)29(38)37-12-10-18(11-13-37)27-26-20(15-23(34)16-25(26)33)4-5-21-14-22(32)17-35-28(21)27/h14-19,24,27H,4-13H2,1-3H3,(H,36,39)/t19?,24?,27-/m1/s1. The van der Waals surface area contributed by atoms with Crippen molar-refractivity contribution in [2.75, 3.05) is 13.1 Å².